The molecule has 1 aromatic carbocycles. The summed E-state index contributed by atoms with van der Waals surface area (Å²) in [7, 11) is 1.49. The van der Waals surface area contributed by atoms with E-state index in [1.807, 2.05) is 4.90 Å². The number of hydrogen-bond acceptors (Lipinski definition) is 7. The van der Waals surface area contributed by atoms with Crippen LogP contribution in [-0.2, 0) is 4.79 Å². The van der Waals surface area contributed by atoms with E-state index >= 15 is 0 Å². The van der Waals surface area contributed by atoms with Gasteiger partial charge in [-0.25, -0.2) is 9.37 Å². The quantitative estimate of drug-likeness (QED) is 0.519. The standard InChI is InChI=1S/C25H30ClFN6O3/c1-36-23-21(26)14-28-25(31-23)30-20-10-13-33(16-20)24(35)17-6-8-19(9-7-17)29-22(34)5-3-12-32-11-2-4-18(27)15-32/h3,5-9,14,18,20H,2,4,10-13,15-16H2,1H3,(H,29,34)(H,28,30,31)/b5-3+. The summed E-state index contributed by atoms with van der Waals surface area (Å²) in [6, 6.07) is 6.81. The summed E-state index contributed by atoms with van der Waals surface area (Å²) in [4.78, 5) is 37.3. The Morgan fingerprint density at radius 1 is 1.22 bits per heavy atom. The molecule has 2 aliphatic heterocycles. The highest BCUT2D eigenvalue weighted by molar-refractivity contribution is 6.31. The second-order valence-corrected chi connectivity index (χ2v) is 9.31. The van der Waals surface area contributed by atoms with Gasteiger partial charge >= 0.3 is 0 Å². The van der Waals surface area contributed by atoms with Crippen molar-refractivity contribution in [1.29, 1.82) is 0 Å². The average Bonchev–Trinajstić information content (AvgIpc) is 3.34. The van der Waals surface area contributed by atoms with Gasteiger partial charge in [0.15, 0.2) is 0 Å². The Labute approximate surface area is 214 Å². The molecule has 0 aliphatic carbocycles. The number of nitrogens with one attached hydrogen (secondary N) is 2. The van der Waals surface area contributed by atoms with Crippen LogP contribution in [0.2, 0.25) is 5.02 Å². The fourth-order valence-corrected chi connectivity index (χ4v) is 4.51. The van der Waals surface area contributed by atoms with Gasteiger partial charge in [-0.05, 0) is 50.1 Å². The third-order valence-electron chi connectivity index (χ3n) is 6.19. The van der Waals surface area contributed by atoms with Gasteiger partial charge in [0.2, 0.25) is 17.7 Å². The highest BCUT2D eigenvalue weighted by Crippen LogP contribution is 2.23. The second kappa shape index (κ2) is 12.1. The predicted molar refractivity (Wildman–Crippen MR) is 136 cm³/mol. The van der Waals surface area contributed by atoms with E-state index in [2.05, 4.69) is 20.6 Å². The van der Waals surface area contributed by atoms with Gasteiger partial charge in [-0.3, -0.25) is 14.5 Å². The molecule has 2 unspecified atom stereocenters. The van der Waals surface area contributed by atoms with Crippen LogP contribution in [0.4, 0.5) is 16.0 Å². The normalized spacial score (nSPS) is 20.5. The van der Waals surface area contributed by atoms with E-state index < -0.39 is 6.17 Å². The molecule has 0 bridgehead atoms. The van der Waals surface area contributed by atoms with Crippen LogP contribution in [0, 0.1) is 0 Å². The molecule has 2 aliphatic rings. The number of carbonyl (C=O) groups excluding carboxylic acids is 2. The van der Waals surface area contributed by atoms with Crippen LogP contribution in [0.5, 0.6) is 5.88 Å². The number of piperidine rings is 1. The summed E-state index contributed by atoms with van der Waals surface area (Å²) in [6.07, 6.45) is 6.09. The SMILES string of the molecule is COc1nc(NC2CCN(C(=O)c3ccc(NC(=O)/C=C/CN4CCCC(F)C4)cc3)C2)ncc1Cl. The van der Waals surface area contributed by atoms with E-state index in [1.54, 1.807) is 35.2 Å². The number of aromatic nitrogens is 2. The maximum atomic E-state index is 13.5. The third-order valence-corrected chi connectivity index (χ3v) is 6.45. The minimum atomic E-state index is -0.786. The van der Waals surface area contributed by atoms with Crippen LogP contribution in [0.15, 0.2) is 42.6 Å². The fraction of sp³-hybridized carbons (Fsp3) is 0.440. The molecule has 0 radical (unpaired) electrons. The number of ether oxygens (including phenoxy) is 1. The molecule has 192 valence electrons. The molecule has 0 saturated carbocycles. The molecule has 3 heterocycles. The lowest BCUT2D eigenvalue weighted by molar-refractivity contribution is -0.111. The first-order valence-corrected chi connectivity index (χ1v) is 12.4. The van der Waals surface area contributed by atoms with Crippen LogP contribution < -0.4 is 15.4 Å². The Morgan fingerprint density at radius 2 is 2.03 bits per heavy atom. The molecule has 0 spiro atoms. The van der Waals surface area contributed by atoms with Gasteiger partial charge in [0.1, 0.15) is 11.2 Å². The van der Waals surface area contributed by atoms with Gasteiger partial charge in [-0.1, -0.05) is 17.7 Å². The maximum absolute atomic E-state index is 13.5. The molecular formula is C25H30ClFN6O3. The number of alkyl halides is 1. The minimum Gasteiger partial charge on any atom is -0.480 e. The third kappa shape index (κ3) is 6.92. The lowest BCUT2D eigenvalue weighted by Gasteiger charge is -2.27. The number of halogens is 2. The Morgan fingerprint density at radius 3 is 2.78 bits per heavy atom. The summed E-state index contributed by atoms with van der Waals surface area (Å²) in [5, 5.41) is 6.33. The number of benzene rings is 1. The second-order valence-electron chi connectivity index (χ2n) is 8.90. The number of methoxy groups -OCH3 is 1. The number of amides is 2. The molecule has 2 saturated heterocycles. The zero-order chi connectivity index (χ0) is 25.5. The molecule has 4 rings (SSSR count). The smallest absolute Gasteiger partial charge is 0.253 e. The van der Waals surface area contributed by atoms with Gasteiger partial charge in [0.25, 0.3) is 5.91 Å². The minimum absolute atomic E-state index is 0.00547. The molecule has 2 amide bonds. The van der Waals surface area contributed by atoms with Crippen molar-refractivity contribution in [2.75, 3.05) is 50.5 Å². The largest absolute Gasteiger partial charge is 0.480 e. The Kier molecular flexibility index (Phi) is 8.71. The van der Waals surface area contributed by atoms with E-state index in [0.717, 1.165) is 19.4 Å². The first kappa shape index (κ1) is 25.8. The van der Waals surface area contributed by atoms with Crippen LogP contribution in [0.3, 0.4) is 0 Å². The maximum Gasteiger partial charge on any atom is 0.253 e. The van der Waals surface area contributed by atoms with Crippen LogP contribution in [0.25, 0.3) is 0 Å². The number of anilines is 2. The Bertz CT molecular complexity index is 1100. The Balaban J connectivity index is 1.24. The van der Waals surface area contributed by atoms with Crippen molar-refractivity contribution in [2.24, 2.45) is 0 Å². The fourth-order valence-electron chi connectivity index (χ4n) is 4.35. The summed E-state index contributed by atoms with van der Waals surface area (Å²) < 4.78 is 18.6. The summed E-state index contributed by atoms with van der Waals surface area (Å²) in [5.41, 5.74) is 1.14. The van der Waals surface area contributed by atoms with Crippen LogP contribution in [-0.4, -0.2) is 83.6 Å². The first-order valence-electron chi connectivity index (χ1n) is 12.0. The van der Waals surface area contributed by atoms with Gasteiger partial charge in [-0.15, -0.1) is 0 Å². The topological polar surface area (TPSA) is 99.7 Å². The predicted octanol–water partition coefficient (Wildman–Crippen LogP) is 3.39. The van der Waals surface area contributed by atoms with Gasteiger partial charge in [0.05, 0.1) is 13.3 Å². The van der Waals surface area contributed by atoms with Crippen molar-refractivity contribution in [3.05, 3.63) is 53.2 Å². The molecule has 1 aromatic heterocycles. The molecule has 9 nitrogen and oxygen atoms in total. The van der Waals surface area contributed by atoms with Gasteiger partial charge in [-0.2, -0.15) is 4.98 Å². The highest BCUT2D eigenvalue weighted by Gasteiger charge is 2.27. The number of likely N-dealkylation sites (tertiary alicyclic amines) is 2. The van der Waals surface area contributed by atoms with E-state index in [-0.39, 0.29) is 17.9 Å². The summed E-state index contributed by atoms with van der Waals surface area (Å²) in [6.45, 7) is 2.92. The Hall–Kier alpha value is -3.24. The molecule has 36 heavy (non-hydrogen) atoms. The van der Waals surface area contributed by atoms with Crippen molar-refractivity contribution >= 4 is 35.1 Å². The van der Waals surface area contributed by atoms with Gasteiger partial charge < -0.3 is 20.3 Å². The van der Waals surface area contributed by atoms with E-state index in [0.29, 0.717) is 60.7 Å². The van der Waals surface area contributed by atoms with E-state index in [1.165, 1.54) is 19.4 Å². The van der Waals surface area contributed by atoms with Crippen LogP contribution in [0.1, 0.15) is 29.6 Å². The first-order chi connectivity index (χ1) is 17.4. The van der Waals surface area contributed by atoms with Crippen molar-refractivity contribution in [3.63, 3.8) is 0 Å². The highest BCUT2D eigenvalue weighted by atomic mass is 35.5. The molecule has 2 fully saturated rings. The summed E-state index contributed by atoms with van der Waals surface area (Å²) >= 11 is 5.97. The van der Waals surface area contributed by atoms with Crippen molar-refractivity contribution in [3.8, 4) is 5.88 Å². The zero-order valence-corrected chi connectivity index (χ0v) is 20.9. The number of nitrogens with zero attached hydrogens (tertiary/aromatic N) is 4. The van der Waals surface area contributed by atoms with E-state index in [9.17, 15) is 14.0 Å². The van der Waals surface area contributed by atoms with Gasteiger partial charge in [0, 0.05) is 49.5 Å². The molecule has 2 N–H and O–H groups in total. The molecular weight excluding hydrogens is 487 g/mol. The molecule has 2 aromatic rings. The average molecular weight is 517 g/mol. The van der Waals surface area contributed by atoms with E-state index in [4.69, 9.17) is 16.3 Å². The number of rotatable bonds is 8. The monoisotopic (exact) mass is 516 g/mol. The number of hydrogen-bond donors (Lipinski definition) is 2. The molecule has 11 heteroatoms. The lowest BCUT2D eigenvalue weighted by Crippen LogP contribution is -2.36. The number of carbonyl (C=O) groups is 2. The van der Waals surface area contributed by atoms with Crippen molar-refractivity contribution in [2.45, 2.75) is 31.5 Å². The van der Waals surface area contributed by atoms with Crippen LogP contribution >= 0.6 is 11.6 Å². The lowest BCUT2D eigenvalue weighted by atomic mass is 10.1. The summed E-state index contributed by atoms with van der Waals surface area (Å²) in [5.74, 6) is 0.337. The van der Waals surface area contributed by atoms with Crippen molar-refractivity contribution < 1.29 is 18.7 Å². The van der Waals surface area contributed by atoms with Crippen molar-refractivity contribution in [1.82, 2.24) is 19.8 Å². The zero-order valence-electron chi connectivity index (χ0n) is 20.1. The molecule has 2 atom stereocenters.